The van der Waals surface area contributed by atoms with E-state index in [9.17, 15) is 14.4 Å². The maximum absolute atomic E-state index is 13.3. The van der Waals surface area contributed by atoms with Crippen molar-refractivity contribution >= 4 is 28.4 Å². The lowest BCUT2D eigenvalue weighted by Crippen LogP contribution is -2.43. The summed E-state index contributed by atoms with van der Waals surface area (Å²) in [7, 11) is 0. The molecule has 0 radical (unpaired) electrons. The molecule has 6 heteroatoms. The summed E-state index contributed by atoms with van der Waals surface area (Å²) in [6.45, 7) is 9.81. The minimum Gasteiger partial charge on any atom is -0.361 e. The molecule has 1 aromatic heterocycles. The lowest BCUT2D eigenvalue weighted by molar-refractivity contribution is -0.131. The molecule has 170 valence electrons. The number of ketones is 2. The highest BCUT2D eigenvalue weighted by molar-refractivity contribution is 5.92. The van der Waals surface area contributed by atoms with Gasteiger partial charge in [0.05, 0.1) is 6.04 Å². The van der Waals surface area contributed by atoms with Crippen LogP contribution in [0, 0.1) is 11.8 Å². The smallest absolute Gasteiger partial charge is 0.216 e. The van der Waals surface area contributed by atoms with Crippen molar-refractivity contribution in [3.05, 3.63) is 36.0 Å². The number of nitrogens with one attached hydrogen (secondary N) is 3. The summed E-state index contributed by atoms with van der Waals surface area (Å²) in [6.07, 6.45) is 4.06. The second-order valence-corrected chi connectivity index (χ2v) is 8.99. The molecule has 0 spiro atoms. The molecule has 0 aliphatic rings. The Kier molecular flexibility index (Phi) is 9.44. The zero-order valence-corrected chi connectivity index (χ0v) is 19.5. The molecule has 31 heavy (non-hydrogen) atoms. The van der Waals surface area contributed by atoms with Crippen LogP contribution in [-0.4, -0.2) is 41.1 Å². The molecule has 0 saturated carbocycles. The molecule has 0 unspecified atom stereocenters. The first kappa shape index (κ1) is 24.8. The zero-order chi connectivity index (χ0) is 23.0. The van der Waals surface area contributed by atoms with Crippen LogP contribution in [0.4, 0.5) is 0 Å². The molecule has 1 amide bonds. The van der Waals surface area contributed by atoms with Crippen LogP contribution in [0.15, 0.2) is 30.5 Å². The fraction of sp³-hybridized carbons (Fsp3) is 0.560. The van der Waals surface area contributed by atoms with Crippen LogP contribution in [0.5, 0.6) is 0 Å². The van der Waals surface area contributed by atoms with E-state index >= 15 is 0 Å². The summed E-state index contributed by atoms with van der Waals surface area (Å²) in [5.74, 6) is -0.337. The lowest BCUT2D eigenvalue weighted by Gasteiger charge is -2.23. The van der Waals surface area contributed by atoms with E-state index in [-0.39, 0.29) is 47.8 Å². The number of fused-ring (bicyclic) bond motifs is 1. The average molecular weight is 428 g/mol. The van der Waals surface area contributed by atoms with Gasteiger partial charge in [0.1, 0.15) is 5.78 Å². The number of aromatic amines is 1. The first-order chi connectivity index (χ1) is 14.7. The monoisotopic (exact) mass is 427 g/mol. The van der Waals surface area contributed by atoms with Crippen molar-refractivity contribution < 1.29 is 14.4 Å². The van der Waals surface area contributed by atoms with Gasteiger partial charge in [-0.2, -0.15) is 0 Å². The summed E-state index contributed by atoms with van der Waals surface area (Å²) in [5, 5.41) is 7.29. The normalized spacial score (nSPS) is 13.5. The molecule has 2 rings (SSSR count). The Morgan fingerprint density at radius 3 is 2.42 bits per heavy atom. The van der Waals surface area contributed by atoms with Gasteiger partial charge in [0.2, 0.25) is 5.91 Å². The molecular formula is C25H37N3O3. The highest BCUT2D eigenvalue weighted by Crippen LogP contribution is 2.22. The number of hydrogen-bond acceptors (Lipinski definition) is 4. The molecule has 0 saturated heterocycles. The Hall–Kier alpha value is -2.47. The zero-order valence-electron chi connectivity index (χ0n) is 19.5. The van der Waals surface area contributed by atoms with Gasteiger partial charge in [0.15, 0.2) is 5.78 Å². The number of amides is 1. The van der Waals surface area contributed by atoms with Gasteiger partial charge in [-0.1, -0.05) is 45.9 Å². The summed E-state index contributed by atoms with van der Waals surface area (Å²) < 4.78 is 0. The van der Waals surface area contributed by atoms with Crippen LogP contribution in [0.25, 0.3) is 10.9 Å². The molecule has 0 aliphatic heterocycles. The van der Waals surface area contributed by atoms with E-state index in [2.05, 4.69) is 21.7 Å². The molecule has 6 nitrogen and oxygen atoms in total. The van der Waals surface area contributed by atoms with Gasteiger partial charge in [-0.3, -0.25) is 14.4 Å². The Balaban J connectivity index is 2.13. The quantitative estimate of drug-likeness (QED) is 0.424. The van der Waals surface area contributed by atoms with Crippen molar-refractivity contribution in [3.8, 4) is 0 Å². The highest BCUT2D eigenvalue weighted by atomic mass is 16.1. The van der Waals surface area contributed by atoms with Crippen molar-refractivity contribution in [1.29, 1.82) is 0 Å². The minimum atomic E-state index is -0.350. The summed E-state index contributed by atoms with van der Waals surface area (Å²) >= 11 is 0. The van der Waals surface area contributed by atoms with Crippen LogP contribution in [0.2, 0.25) is 0 Å². The minimum absolute atomic E-state index is 0.0671. The number of H-pyrrole nitrogens is 1. The molecule has 0 bridgehead atoms. The van der Waals surface area contributed by atoms with Crippen molar-refractivity contribution in [1.82, 2.24) is 15.6 Å². The van der Waals surface area contributed by atoms with Crippen molar-refractivity contribution in [2.24, 2.45) is 11.8 Å². The predicted octanol–water partition coefficient (Wildman–Crippen LogP) is 3.79. The van der Waals surface area contributed by atoms with E-state index in [0.29, 0.717) is 25.8 Å². The van der Waals surface area contributed by atoms with E-state index in [1.54, 1.807) is 0 Å². The molecule has 3 N–H and O–H groups in total. The first-order valence-corrected chi connectivity index (χ1v) is 11.3. The van der Waals surface area contributed by atoms with E-state index in [1.807, 2.05) is 52.1 Å². The van der Waals surface area contributed by atoms with E-state index in [4.69, 9.17) is 0 Å². The molecule has 1 heterocycles. The lowest BCUT2D eigenvalue weighted by atomic mass is 9.85. The van der Waals surface area contributed by atoms with Crippen LogP contribution in [0.1, 0.15) is 59.4 Å². The fourth-order valence-electron chi connectivity index (χ4n) is 4.00. The maximum Gasteiger partial charge on any atom is 0.216 e. The van der Waals surface area contributed by atoms with Gasteiger partial charge < -0.3 is 15.6 Å². The molecular weight excluding hydrogens is 390 g/mol. The number of carbonyl (C=O) groups excluding carboxylic acids is 3. The third kappa shape index (κ3) is 7.62. The number of Topliss-reactive ketones (excluding diaryl/α,β-unsaturated/α-hetero) is 2. The van der Waals surface area contributed by atoms with Crippen molar-refractivity contribution in [2.45, 2.75) is 72.4 Å². The second kappa shape index (κ2) is 11.8. The molecule has 1 aromatic carbocycles. The van der Waals surface area contributed by atoms with E-state index in [0.717, 1.165) is 16.5 Å². The molecule has 0 aliphatic carbocycles. The average Bonchev–Trinajstić information content (AvgIpc) is 3.11. The third-order valence-corrected chi connectivity index (χ3v) is 5.54. The Morgan fingerprint density at radius 2 is 1.77 bits per heavy atom. The van der Waals surface area contributed by atoms with E-state index in [1.165, 1.54) is 6.92 Å². The SMILES string of the molecule is CC(=O)NCCC[C@H](CC(=O)[C@H](Cc1c[nH]c2ccccc12)NC(C)C)C(=O)C(C)C. The number of para-hydroxylation sites is 1. The Morgan fingerprint density at radius 1 is 1.06 bits per heavy atom. The van der Waals surface area contributed by atoms with Crippen LogP contribution in [-0.2, 0) is 20.8 Å². The standard InChI is InChI=1S/C25H37N3O3/c1-16(2)25(31)19(9-8-12-26-18(5)29)14-24(30)23(28-17(3)4)13-20-15-27-22-11-7-6-10-21(20)22/h6-7,10-11,15-17,19,23,27-28H,8-9,12-14H2,1-5H3,(H,26,29)/t19-,23+/m1/s1. The molecule has 2 aromatic rings. The second-order valence-electron chi connectivity index (χ2n) is 8.99. The van der Waals surface area contributed by atoms with Gasteiger partial charge >= 0.3 is 0 Å². The number of benzene rings is 1. The number of rotatable bonds is 13. The van der Waals surface area contributed by atoms with Crippen LogP contribution < -0.4 is 10.6 Å². The summed E-state index contributed by atoms with van der Waals surface area (Å²) in [4.78, 5) is 40.5. The summed E-state index contributed by atoms with van der Waals surface area (Å²) in [5.41, 5.74) is 2.15. The fourth-order valence-corrected chi connectivity index (χ4v) is 4.00. The number of hydrogen-bond donors (Lipinski definition) is 3. The number of carbonyl (C=O) groups is 3. The predicted molar refractivity (Wildman–Crippen MR) is 125 cm³/mol. The Bertz CT molecular complexity index is 885. The Labute approximate surface area is 185 Å². The van der Waals surface area contributed by atoms with E-state index < -0.39 is 0 Å². The van der Waals surface area contributed by atoms with Gasteiger partial charge in [-0.15, -0.1) is 0 Å². The molecule has 2 atom stereocenters. The van der Waals surface area contributed by atoms with Gasteiger partial charge in [0.25, 0.3) is 0 Å². The first-order valence-electron chi connectivity index (χ1n) is 11.3. The molecule has 0 fully saturated rings. The van der Waals surface area contributed by atoms with Gasteiger partial charge in [0, 0.05) is 54.9 Å². The maximum atomic E-state index is 13.3. The highest BCUT2D eigenvalue weighted by Gasteiger charge is 2.28. The number of aromatic nitrogens is 1. The van der Waals surface area contributed by atoms with Crippen LogP contribution >= 0.6 is 0 Å². The van der Waals surface area contributed by atoms with Crippen molar-refractivity contribution in [2.75, 3.05) is 6.54 Å². The summed E-state index contributed by atoms with van der Waals surface area (Å²) in [6, 6.07) is 7.87. The topological polar surface area (TPSA) is 91.1 Å². The third-order valence-electron chi connectivity index (χ3n) is 5.54. The van der Waals surface area contributed by atoms with Crippen molar-refractivity contribution in [3.63, 3.8) is 0 Å². The van der Waals surface area contributed by atoms with Gasteiger partial charge in [-0.25, -0.2) is 0 Å². The van der Waals surface area contributed by atoms with Gasteiger partial charge in [-0.05, 0) is 30.9 Å². The van der Waals surface area contributed by atoms with Crippen LogP contribution in [0.3, 0.4) is 0 Å². The largest absolute Gasteiger partial charge is 0.361 e.